The maximum absolute atomic E-state index is 12.5. The first kappa shape index (κ1) is 16.6. The van der Waals surface area contributed by atoms with Crippen LogP contribution in [0.1, 0.15) is 11.3 Å². The average Bonchev–Trinajstić information content (AvgIpc) is 3.24. The average molecular weight is 443 g/mol. The second-order valence-corrected chi connectivity index (χ2v) is 7.39. The van der Waals surface area contributed by atoms with Crippen LogP contribution in [0.15, 0.2) is 38.3 Å². The Morgan fingerprint density at radius 2 is 2.00 bits per heavy atom. The third-order valence-electron chi connectivity index (χ3n) is 3.61. The number of amides is 2. The molecule has 0 bridgehead atoms. The van der Waals surface area contributed by atoms with Gasteiger partial charge < -0.3 is 13.9 Å². The number of nitrogens with zero attached hydrogens (tertiary/aromatic N) is 1. The lowest BCUT2D eigenvalue weighted by atomic mass is 10.2. The first-order valence-corrected chi connectivity index (χ1v) is 9.09. The Kier molecular flexibility index (Phi) is 4.26. The highest BCUT2D eigenvalue weighted by Crippen LogP contribution is 2.39. The Morgan fingerprint density at radius 1 is 1.24 bits per heavy atom. The summed E-state index contributed by atoms with van der Waals surface area (Å²) >= 11 is 10.3. The van der Waals surface area contributed by atoms with E-state index in [4.69, 9.17) is 25.5 Å². The van der Waals surface area contributed by atoms with Crippen molar-refractivity contribution >= 4 is 56.5 Å². The third kappa shape index (κ3) is 3.17. The normalized spacial score (nSPS) is 17.8. The second kappa shape index (κ2) is 6.44. The fourth-order valence-corrected chi connectivity index (χ4v) is 3.77. The van der Waals surface area contributed by atoms with Crippen molar-refractivity contribution in [2.45, 2.75) is 6.54 Å². The molecule has 0 spiro atoms. The van der Waals surface area contributed by atoms with Gasteiger partial charge in [-0.3, -0.25) is 14.5 Å². The number of furan rings is 1. The molecule has 9 heteroatoms. The monoisotopic (exact) mass is 441 g/mol. The maximum Gasteiger partial charge on any atom is 0.293 e. The molecule has 3 heterocycles. The molecular formula is C16H9BrClNO5S. The quantitative estimate of drug-likeness (QED) is 0.644. The summed E-state index contributed by atoms with van der Waals surface area (Å²) in [5.41, 5.74) is 0.607. The number of ether oxygens (including phenoxy) is 2. The molecule has 0 saturated carbocycles. The van der Waals surface area contributed by atoms with Crippen molar-refractivity contribution in [1.29, 1.82) is 0 Å². The van der Waals surface area contributed by atoms with E-state index < -0.39 is 5.91 Å². The van der Waals surface area contributed by atoms with Crippen molar-refractivity contribution in [2.75, 3.05) is 6.79 Å². The van der Waals surface area contributed by atoms with Crippen molar-refractivity contribution < 1.29 is 23.5 Å². The van der Waals surface area contributed by atoms with Crippen LogP contribution in [0.5, 0.6) is 11.5 Å². The summed E-state index contributed by atoms with van der Waals surface area (Å²) < 4.78 is 16.5. The molecule has 1 aromatic heterocycles. The highest BCUT2D eigenvalue weighted by molar-refractivity contribution is 9.10. The lowest BCUT2D eigenvalue weighted by Gasteiger charge is -2.14. The van der Waals surface area contributed by atoms with Crippen molar-refractivity contribution in [3.05, 3.63) is 50.2 Å². The zero-order valence-electron chi connectivity index (χ0n) is 12.5. The molecule has 0 radical (unpaired) electrons. The molecule has 6 nitrogen and oxygen atoms in total. The zero-order valence-corrected chi connectivity index (χ0v) is 15.6. The van der Waals surface area contributed by atoms with E-state index >= 15 is 0 Å². The molecule has 0 N–H and O–H groups in total. The number of carbonyl (C=O) groups is 2. The minimum atomic E-state index is -0.392. The van der Waals surface area contributed by atoms with Crippen LogP contribution in [-0.4, -0.2) is 22.8 Å². The lowest BCUT2D eigenvalue weighted by Crippen LogP contribution is -2.27. The zero-order chi connectivity index (χ0) is 17.6. The van der Waals surface area contributed by atoms with Gasteiger partial charge in [-0.2, -0.15) is 0 Å². The summed E-state index contributed by atoms with van der Waals surface area (Å²) in [5.74, 6) is 1.18. The molecule has 0 unspecified atom stereocenters. The van der Waals surface area contributed by atoms with Crippen LogP contribution in [0.25, 0.3) is 6.08 Å². The first-order chi connectivity index (χ1) is 12.0. The minimum absolute atomic E-state index is 0.0549. The second-order valence-electron chi connectivity index (χ2n) is 5.21. The van der Waals surface area contributed by atoms with E-state index in [0.29, 0.717) is 37.4 Å². The molecule has 2 aliphatic rings. The molecule has 0 atom stereocenters. The Bertz CT molecular complexity index is 925. The number of hydrogen-bond donors (Lipinski definition) is 0. The number of hydrogen-bond acceptors (Lipinski definition) is 6. The molecule has 1 saturated heterocycles. The van der Waals surface area contributed by atoms with Gasteiger partial charge in [-0.25, -0.2) is 0 Å². The molecule has 25 heavy (non-hydrogen) atoms. The molecule has 2 aromatic rings. The molecule has 1 fully saturated rings. The number of rotatable bonds is 3. The van der Waals surface area contributed by atoms with Crippen LogP contribution in [0.2, 0.25) is 5.02 Å². The molecule has 2 amide bonds. The predicted molar refractivity (Wildman–Crippen MR) is 95.5 cm³/mol. The smallest absolute Gasteiger partial charge is 0.293 e. The van der Waals surface area contributed by atoms with Gasteiger partial charge in [0.15, 0.2) is 16.2 Å². The van der Waals surface area contributed by atoms with Gasteiger partial charge >= 0.3 is 0 Å². The minimum Gasteiger partial charge on any atom is -0.454 e. The fourth-order valence-electron chi connectivity index (χ4n) is 2.42. The highest BCUT2D eigenvalue weighted by Gasteiger charge is 2.36. The third-order valence-corrected chi connectivity index (χ3v) is 5.30. The van der Waals surface area contributed by atoms with Crippen LogP contribution in [0.4, 0.5) is 4.79 Å². The van der Waals surface area contributed by atoms with Crippen LogP contribution in [0.3, 0.4) is 0 Å². The van der Waals surface area contributed by atoms with Gasteiger partial charge in [-0.15, -0.1) is 0 Å². The molecule has 4 rings (SSSR count). The van der Waals surface area contributed by atoms with Crippen LogP contribution in [-0.2, 0) is 11.3 Å². The van der Waals surface area contributed by atoms with Gasteiger partial charge in [-0.05, 0) is 51.5 Å². The Hall–Kier alpha value is -1.90. The summed E-state index contributed by atoms with van der Waals surface area (Å²) in [6.45, 7) is 0.178. The van der Waals surface area contributed by atoms with E-state index in [-0.39, 0.29) is 18.6 Å². The topological polar surface area (TPSA) is 69.0 Å². The number of carbonyl (C=O) groups excluding carboxylic acids is 2. The van der Waals surface area contributed by atoms with Gasteiger partial charge in [0.1, 0.15) is 5.76 Å². The largest absolute Gasteiger partial charge is 0.454 e. The van der Waals surface area contributed by atoms with Gasteiger partial charge in [-0.1, -0.05) is 11.6 Å². The van der Waals surface area contributed by atoms with E-state index in [1.165, 1.54) is 6.08 Å². The summed E-state index contributed by atoms with van der Waals surface area (Å²) in [4.78, 5) is 26.2. The van der Waals surface area contributed by atoms with Gasteiger partial charge in [0.05, 0.1) is 11.4 Å². The predicted octanol–water partition coefficient (Wildman–Crippen LogP) is 4.66. The number of imide groups is 1. The van der Waals surface area contributed by atoms with Crippen molar-refractivity contribution in [1.82, 2.24) is 4.90 Å². The standard InChI is InChI=1S/C16H9BrClNO5S/c17-14-2-1-9(24-14)4-13-15(20)19(16(21)25-13)6-8-3-11-12(5-10(8)18)23-7-22-11/h1-5H,6-7H2/b13-4-. The summed E-state index contributed by atoms with van der Waals surface area (Å²) in [5, 5.41) is 0.0397. The Labute approximate surface area is 159 Å². The van der Waals surface area contributed by atoms with Crippen molar-refractivity contribution in [2.24, 2.45) is 0 Å². The molecule has 128 valence electrons. The van der Waals surface area contributed by atoms with E-state index in [2.05, 4.69) is 15.9 Å². The van der Waals surface area contributed by atoms with Crippen molar-refractivity contribution in [3.63, 3.8) is 0 Å². The fraction of sp³-hybridized carbons (Fsp3) is 0.125. The summed E-state index contributed by atoms with van der Waals surface area (Å²) in [6, 6.07) is 6.71. The molecule has 2 aliphatic heterocycles. The number of fused-ring (bicyclic) bond motifs is 1. The lowest BCUT2D eigenvalue weighted by molar-refractivity contribution is -0.123. The van der Waals surface area contributed by atoms with Gasteiger partial charge in [0.25, 0.3) is 11.1 Å². The summed E-state index contributed by atoms with van der Waals surface area (Å²) in [7, 11) is 0. The number of thioether (sulfide) groups is 1. The first-order valence-electron chi connectivity index (χ1n) is 7.10. The SMILES string of the molecule is O=C1S/C(=C\c2ccc(Br)o2)C(=O)N1Cc1cc2c(cc1Cl)OCO2. The van der Waals surface area contributed by atoms with Crippen LogP contribution < -0.4 is 9.47 Å². The maximum atomic E-state index is 12.5. The van der Waals surface area contributed by atoms with E-state index in [9.17, 15) is 9.59 Å². The van der Waals surface area contributed by atoms with Crippen LogP contribution in [0, 0.1) is 0 Å². The Morgan fingerprint density at radius 3 is 2.72 bits per heavy atom. The summed E-state index contributed by atoms with van der Waals surface area (Å²) in [6.07, 6.45) is 1.54. The Balaban J connectivity index is 1.58. The molecule has 0 aliphatic carbocycles. The van der Waals surface area contributed by atoms with Gasteiger partial charge in [0, 0.05) is 17.2 Å². The van der Waals surface area contributed by atoms with Crippen LogP contribution >= 0.6 is 39.3 Å². The van der Waals surface area contributed by atoms with E-state index in [0.717, 1.165) is 16.7 Å². The van der Waals surface area contributed by atoms with E-state index in [1.54, 1.807) is 24.3 Å². The number of benzene rings is 1. The molecule has 1 aromatic carbocycles. The number of halogens is 2. The van der Waals surface area contributed by atoms with Gasteiger partial charge in [0.2, 0.25) is 6.79 Å². The van der Waals surface area contributed by atoms with E-state index in [1.807, 2.05) is 0 Å². The highest BCUT2D eigenvalue weighted by atomic mass is 79.9. The van der Waals surface area contributed by atoms with Crippen molar-refractivity contribution in [3.8, 4) is 11.5 Å². The molecular weight excluding hydrogens is 434 g/mol.